The van der Waals surface area contributed by atoms with Crippen molar-refractivity contribution in [3.63, 3.8) is 0 Å². The first-order valence-electron chi connectivity index (χ1n) is 10.2. The van der Waals surface area contributed by atoms with Gasteiger partial charge in [0.05, 0.1) is 17.9 Å². The molecule has 1 amide bonds. The molecule has 0 spiro atoms. The van der Waals surface area contributed by atoms with Gasteiger partial charge in [0.2, 0.25) is 5.91 Å². The van der Waals surface area contributed by atoms with E-state index in [1.807, 2.05) is 53.0 Å². The number of hydrogen-bond acceptors (Lipinski definition) is 4. The maximum atomic E-state index is 13.3. The Morgan fingerprint density at radius 2 is 1.86 bits per heavy atom. The average Bonchev–Trinajstić information content (AvgIpc) is 3.11. The standard InChI is InChI=1S/C23H27N5O/c1-4-16(2)24-14-13-21(29)28-15-17-9-5-6-10-18(17)23-22(25-26-27(23)3)19-11-7-8-12-20(19)28/h5-12,16,24H,4,13-15H2,1-3H3. The second-order valence-corrected chi connectivity index (χ2v) is 7.58. The van der Waals surface area contributed by atoms with Crippen LogP contribution in [0.1, 0.15) is 32.3 Å². The van der Waals surface area contributed by atoms with Crippen molar-refractivity contribution in [2.45, 2.75) is 39.3 Å². The Kier molecular flexibility index (Phi) is 5.45. The molecule has 0 saturated carbocycles. The topological polar surface area (TPSA) is 63.1 Å². The van der Waals surface area contributed by atoms with Crippen molar-refractivity contribution in [2.75, 3.05) is 11.4 Å². The lowest BCUT2D eigenvalue weighted by Crippen LogP contribution is -2.35. The van der Waals surface area contributed by atoms with Crippen LogP contribution in [0.25, 0.3) is 22.5 Å². The summed E-state index contributed by atoms with van der Waals surface area (Å²) in [4.78, 5) is 15.2. The second-order valence-electron chi connectivity index (χ2n) is 7.58. The molecule has 2 heterocycles. The minimum absolute atomic E-state index is 0.107. The van der Waals surface area contributed by atoms with Crippen LogP contribution in [0.4, 0.5) is 5.69 Å². The Morgan fingerprint density at radius 3 is 2.66 bits per heavy atom. The van der Waals surface area contributed by atoms with Gasteiger partial charge < -0.3 is 10.2 Å². The summed E-state index contributed by atoms with van der Waals surface area (Å²) in [6.07, 6.45) is 1.50. The monoisotopic (exact) mass is 389 g/mol. The molecule has 4 rings (SSSR count). The second kappa shape index (κ2) is 8.17. The Morgan fingerprint density at radius 1 is 1.14 bits per heavy atom. The van der Waals surface area contributed by atoms with Gasteiger partial charge in [0.25, 0.3) is 0 Å². The van der Waals surface area contributed by atoms with Gasteiger partial charge in [-0.3, -0.25) is 4.79 Å². The van der Waals surface area contributed by atoms with Crippen molar-refractivity contribution >= 4 is 11.6 Å². The van der Waals surface area contributed by atoms with Crippen molar-refractivity contribution in [3.05, 3.63) is 54.1 Å². The molecule has 1 aliphatic heterocycles. The minimum Gasteiger partial charge on any atom is -0.314 e. The number of nitrogens with one attached hydrogen (secondary N) is 1. The highest BCUT2D eigenvalue weighted by Gasteiger charge is 2.28. The van der Waals surface area contributed by atoms with Gasteiger partial charge >= 0.3 is 0 Å². The largest absolute Gasteiger partial charge is 0.314 e. The van der Waals surface area contributed by atoms with E-state index in [0.717, 1.165) is 40.2 Å². The molecule has 6 heteroatoms. The molecule has 29 heavy (non-hydrogen) atoms. The summed E-state index contributed by atoms with van der Waals surface area (Å²) in [5.41, 5.74) is 5.78. The molecule has 2 aromatic carbocycles. The van der Waals surface area contributed by atoms with Crippen LogP contribution < -0.4 is 10.2 Å². The van der Waals surface area contributed by atoms with Crippen molar-refractivity contribution in [1.82, 2.24) is 20.3 Å². The molecule has 0 saturated heterocycles. The van der Waals surface area contributed by atoms with Crippen LogP contribution in [0, 0.1) is 0 Å². The number of fused-ring (bicyclic) bond motifs is 5. The molecule has 0 fully saturated rings. The lowest BCUT2D eigenvalue weighted by molar-refractivity contribution is -0.118. The van der Waals surface area contributed by atoms with E-state index in [2.05, 4.69) is 41.6 Å². The molecule has 1 aliphatic rings. The summed E-state index contributed by atoms with van der Waals surface area (Å²) < 4.78 is 1.82. The number of aryl methyl sites for hydroxylation is 1. The molecule has 150 valence electrons. The first-order chi connectivity index (χ1) is 14.1. The van der Waals surface area contributed by atoms with Crippen LogP contribution in [-0.4, -0.2) is 33.5 Å². The zero-order valence-electron chi connectivity index (χ0n) is 17.2. The van der Waals surface area contributed by atoms with Gasteiger partial charge in [0.1, 0.15) is 5.69 Å². The quantitative estimate of drug-likeness (QED) is 0.721. The van der Waals surface area contributed by atoms with Crippen molar-refractivity contribution in [1.29, 1.82) is 0 Å². The van der Waals surface area contributed by atoms with E-state index in [-0.39, 0.29) is 5.91 Å². The van der Waals surface area contributed by atoms with E-state index in [1.165, 1.54) is 0 Å². The molecule has 3 aromatic rings. The molecule has 1 atom stereocenters. The van der Waals surface area contributed by atoms with Crippen LogP contribution in [0.15, 0.2) is 48.5 Å². The first kappa shape index (κ1) is 19.3. The Hall–Kier alpha value is -2.99. The predicted molar refractivity (Wildman–Crippen MR) is 115 cm³/mol. The Balaban J connectivity index is 1.77. The fourth-order valence-electron chi connectivity index (χ4n) is 3.82. The van der Waals surface area contributed by atoms with E-state index in [1.54, 1.807) is 0 Å². The average molecular weight is 390 g/mol. The van der Waals surface area contributed by atoms with Gasteiger partial charge in [0, 0.05) is 37.2 Å². The lowest BCUT2D eigenvalue weighted by Gasteiger charge is -2.28. The summed E-state index contributed by atoms with van der Waals surface area (Å²) >= 11 is 0. The highest BCUT2D eigenvalue weighted by molar-refractivity contribution is 6.00. The fraction of sp³-hybridized carbons (Fsp3) is 0.348. The molecule has 0 aliphatic carbocycles. The Bertz CT molecular complexity index is 1030. The number of para-hydroxylation sites is 1. The third-order valence-electron chi connectivity index (χ3n) is 5.62. The number of carbonyl (C=O) groups excluding carboxylic acids is 1. The number of amides is 1. The highest BCUT2D eigenvalue weighted by atomic mass is 16.2. The van der Waals surface area contributed by atoms with E-state index < -0.39 is 0 Å². The zero-order chi connectivity index (χ0) is 20.4. The van der Waals surface area contributed by atoms with Gasteiger partial charge in [-0.15, -0.1) is 5.10 Å². The predicted octanol–water partition coefficient (Wildman–Crippen LogP) is 3.77. The lowest BCUT2D eigenvalue weighted by atomic mass is 9.95. The van der Waals surface area contributed by atoms with Crippen LogP contribution in [0.2, 0.25) is 0 Å². The SMILES string of the molecule is CCC(C)NCCC(=O)N1Cc2ccccc2-c2c(nnn2C)-c2ccccc21. The fourth-order valence-corrected chi connectivity index (χ4v) is 3.82. The summed E-state index contributed by atoms with van der Waals surface area (Å²) in [6.45, 7) is 5.48. The number of anilines is 1. The molecule has 1 aromatic heterocycles. The third-order valence-corrected chi connectivity index (χ3v) is 5.62. The number of hydrogen-bond donors (Lipinski definition) is 1. The van der Waals surface area contributed by atoms with Crippen LogP contribution >= 0.6 is 0 Å². The molecular weight excluding hydrogens is 362 g/mol. The van der Waals surface area contributed by atoms with Gasteiger partial charge in [0.15, 0.2) is 0 Å². The van der Waals surface area contributed by atoms with Crippen LogP contribution in [0.3, 0.4) is 0 Å². The molecule has 6 nitrogen and oxygen atoms in total. The van der Waals surface area contributed by atoms with Crippen molar-refractivity contribution in [3.8, 4) is 22.5 Å². The van der Waals surface area contributed by atoms with E-state index in [0.29, 0.717) is 25.6 Å². The molecular formula is C23H27N5O. The maximum Gasteiger partial charge on any atom is 0.228 e. The summed E-state index contributed by atoms with van der Waals surface area (Å²) in [6, 6.07) is 16.6. The van der Waals surface area contributed by atoms with Crippen molar-refractivity contribution < 1.29 is 4.79 Å². The number of rotatable bonds is 5. The summed E-state index contributed by atoms with van der Waals surface area (Å²) in [5, 5.41) is 12.2. The van der Waals surface area contributed by atoms with Crippen molar-refractivity contribution in [2.24, 2.45) is 7.05 Å². The maximum absolute atomic E-state index is 13.3. The molecule has 0 radical (unpaired) electrons. The summed E-state index contributed by atoms with van der Waals surface area (Å²) in [5.74, 6) is 0.107. The number of benzene rings is 2. The van der Waals surface area contributed by atoms with E-state index in [4.69, 9.17) is 0 Å². The molecule has 1 N–H and O–H groups in total. The minimum atomic E-state index is 0.107. The number of nitrogens with zero attached hydrogens (tertiary/aromatic N) is 4. The number of carbonyl (C=O) groups is 1. The van der Waals surface area contributed by atoms with E-state index in [9.17, 15) is 4.79 Å². The molecule has 0 bridgehead atoms. The molecule has 1 unspecified atom stereocenters. The first-order valence-corrected chi connectivity index (χ1v) is 10.2. The van der Waals surface area contributed by atoms with E-state index >= 15 is 0 Å². The number of aromatic nitrogens is 3. The smallest absolute Gasteiger partial charge is 0.228 e. The van der Waals surface area contributed by atoms with Crippen LogP contribution in [0.5, 0.6) is 0 Å². The van der Waals surface area contributed by atoms with Crippen LogP contribution in [-0.2, 0) is 18.4 Å². The normalized spacial score (nSPS) is 13.7. The highest BCUT2D eigenvalue weighted by Crippen LogP contribution is 2.40. The van der Waals surface area contributed by atoms with Gasteiger partial charge in [-0.05, 0) is 25.0 Å². The summed E-state index contributed by atoms with van der Waals surface area (Å²) in [7, 11) is 1.91. The third kappa shape index (κ3) is 3.68. The van der Waals surface area contributed by atoms with Gasteiger partial charge in [-0.25, -0.2) is 4.68 Å². The zero-order valence-corrected chi connectivity index (χ0v) is 17.2. The Labute approximate surface area is 171 Å². The van der Waals surface area contributed by atoms with Gasteiger partial charge in [-0.2, -0.15) is 0 Å². The van der Waals surface area contributed by atoms with Gasteiger partial charge in [-0.1, -0.05) is 54.6 Å².